The van der Waals surface area contributed by atoms with E-state index in [-0.39, 0.29) is 12.4 Å². The van der Waals surface area contributed by atoms with Crippen molar-refractivity contribution >= 4 is 27.5 Å². The van der Waals surface area contributed by atoms with Crippen LogP contribution in [0.25, 0.3) is 0 Å². The lowest BCUT2D eigenvalue weighted by molar-refractivity contribution is -0.118. The second-order valence-electron chi connectivity index (χ2n) is 4.37. The van der Waals surface area contributed by atoms with Gasteiger partial charge in [0.15, 0.2) is 18.2 Å². The summed E-state index contributed by atoms with van der Waals surface area (Å²) in [7, 11) is 0. The molecule has 0 heterocycles. The van der Waals surface area contributed by atoms with Crippen LogP contribution in [0.1, 0.15) is 5.56 Å². The Bertz CT molecular complexity index is 677. The maximum Gasteiger partial charge on any atom is 0.262 e. The lowest BCUT2D eigenvalue weighted by Crippen LogP contribution is -2.21. The van der Waals surface area contributed by atoms with E-state index >= 15 is 0 Å². The van der Waals surface area contributed by atoms with Crippen LogP contribution < -0.4 is 10.1 Å². The summed E-state index contributed by atoms with van der Waals surface area (Å²) < 4.78 is 32.0. The van der Waals surface area contributed by atoms with Crippen molar-refractivity contribution in [2.75, 3.05) is 11.9 Å². The number of ether oxygens (including phenoxy) is 1. The van der Waals surface area contributed by atoms with E-state index in [1.54, 1.807) is 12.1 Å². The predicted molar refractivity (Wildman–Crippen MR) is 79.4 cm³/mol. The Hall–Kier alpha value is -1.95. The van der Waals surface area contributed by atoms with Gasteiger partial charge in [-0.1, -0.05) is 15.9 Å². The first-order chi connectivity index (χ1) is 9.95. The number of rotatable bonds is 4. The molecule has 6 heteroatoms. The fourth-order valence-corrected chi connectivity index (χ4v) is 2.16. The molecule has 0 saturated heterocycles. The van der Waals surface area contributed by atoms with Crippen molar-refractivity contribution in [3.05, 3.63) is 58.1 Å². The zero-order chi connectivity index (χ0) is 15.4. The van der Waals surface area contributed by atoms with Crippen molar-refractivity contribution in [3.63, 3.8) is 0 Å². The van der Waals surface area contributed by atoms with Gasteiger partial charge in [0, 0.05) is 16.2 Å². The summed E-state index contributed by atoms with van der Waals surface area (Å²) in [6.07, 6.45) is 0. The molecule has 2 rings (SSSR count). The van der Waals surface area contributed by atoms with Crippen LogP contribution in [0.15, 0.2) is 40.9 Å². The number of carbonyl (C=O) groups is 1. The molecule has 0 fully saturated rings. The highest BCUT2D eigenvalue weighted by Gasteiger charge is 2.09. The molecule has 0 aliphatic rings. The van der Waals surface area contributed by atoms with Crippen LogP contribution in [0, 0.1) is 18.6 Å². The summed E-state index contributed by atoms with van der Waals surface area (Å²) in [6, 6.07) is 8.30. The Labute approximate surface area is 129 Å². The highest BCUT2D eigenvalue weighted by molar-refractivity contribution is 9.10. The monoisotopic (exact) mass is 355 g/mol. The number of hydrogen-bond acceptors (Lipinski definition) is 2. The van der Waals surface area contributed by atoms with Crippen molar-refractivity contribution < 1.29 is 18.3 Å². The Balaban J connectivity index is 1.96. The fraction of sp³-hybridized carbons (Fsp3) is 0.133. The Kier molecular flexibility index (Phi) is 4.90. The van der Waals surface area contributed by atoms with E-state index in [4.69, 9.17) is 4.74 Å². The number of hydrogen-bond donors (Lipinski definition) is 1. The first kappa shape index (κ1) is 15.4. The topological polar surface area (TPSA) is 38.3 Å². The zero-order valence-corrected chi connectivity index (χ0v) is 12.7. The Morgan fingerprint density at radius 1 is 1.24 bits per heavy atom. The van der Waals surface area contributed by atoms with Crippen molar-refractivity contribution in [2.24, 2.45) is 0 Å². The highest BCUT2D eigenvalue weighted by Crippen LogP contribution is 2.20. The molecule has 0 aliphatic carbocycles. The lowest BCUT2D eigenvalue weighted by atomic mass is 10.2. The summed E-state index contributed by atoms with van der Waals surface area (Å²) in [5.41, 5.74) is 1.53. The standard InChI is InChI=1S/C15H12BrF2NO2/c1-9-6-10(16)2-4-13(9)19-15(20)8-21-14-5-3-11(17)7-12(14)18/h2-7H,8H2,1H3,(H,19,20). The van der Waals surface area contributed by atoms with Crippen LogP contribution in [0.4, 0.5) is 14.5 Å². The van der Waals surface area contributed by atoms with E-state index in [9.17, 15) is 13.6 Å². The molecule has 1 N–H and O–H groups in total. The van der Waals surface area contributed by atoms with E-state index < -0.39 is 17.5 Å². The minimum atomic E-state index is -0.845. The molecular formula is C15H12BrF2NO2. The molecule has 2 aromatic carbocycles. The average molecular weight is 356 g/mol. The molecule has 2 aromatic rings. The van der Waals surface area contributed by atoms with Crippen molar-refractivity contribution in [3.8, 4) is 5.75 Å². The average Bonchev–Trinajstić information content (AvgIpc) is 2.41. The van der Waals surface area contributed by atoms with Crippen molar-refractivity contribution in [1.82, 2.24) is 0 Å². The third-order valence-corrected chi connectivity index (χ3v) is 3.21. The van der Waals surface area contributed by atoms with Gasteiger partial charge in [-0.2, -0.15) is 0 Å². The van der Waals surface area contributed by atoms with Gasteiger partial charge >= 0.3 is 0 Å². The van der Waals surface area contributed by atoms with Crippen LogP contribution in [-0.2, 0) is 4.79 Å². The van der Waals surface area contributed by atoms with E-state index in [1.165, 1.54) is 0 Å². The Morgan fingerprint density at radius 2 is 2.00 bits per heavy atom. The zero-order valence-electron chi connectivity index (χ0n) is 11.1. The molecule has 21 heavy (non-hydrogen) atoms. The predicted octanol–water partition coefficient (Wildman–Crippen LogP) is 4.05. The van der Waals surface area contributed by atoms with Gasteiger partial charge in [-0.15, -0.1) is 0 Å². The Morgan fingerprint density at radius 3 is 2.67 bits per heavy atom. The molecule has 0 aromatic heterocycles. The van der Waals surface area contributed by atoms with Gasteiger partial charge in [-0.25, -0.2) is 8.78 Å². The van der Waals surface area contributed by atoms with Gasteiger partial charge in [-0.05, 0) is 42.8 Å². The SMILES string of the molecule is Cc1cc(Br)ccc1NC(=O)COc1ccc(F)cc1F. The van der Waals surface area contributed by atoms with Gasteiger partial charge < -0.3 is 10.1 Å². The normalized spacial score (nSPS) is 10.3. The molecule has 0 saturated carbocycles. The third-order valence-electron chi connectivity index (χ3n) is 2.72. The number of anilines is 1. The maximum absolute atomic E-state index is 13.3. The van der Waals surface area contributed by atoms with Crippen LogP contribution in [0.5, 0.6) is 5.75 Å². The number of nitrogens with one attached hydrogen (secondary N) is 1. The molecule has 0 bridgehead atoms. The highest BCUT2D eigenvalue weighted by atomic mass is 79.9. The summed E-state index contributed by atoms with van der Waals surface area (Å²) in [5, 5.41) is 2.66. The van der Waals surface area contributed by atoms with Gasteiger partial charge in [0.2, 0.25) is 0 Å². The summed E-state index contributed by atoms with van der Waals surface area (Å²) in [5.74, 6) is -2.14. The molecule has 1 amide bonds. The van der Waals surface area contributed by atoms with Crippen molar-refractivity contribution in [1.29, 1.82) is 0 Å². The summed E-state index contributed by atoms with van der Waals surface area (Å²) in [4.78, 5) is 11.8. The molecule has 0 spiro atoms. The second-order valence-corrected chi connectivity index (χ2v) is 5.29. The van der Waals surface area contributed by atoms with Crippen LogP contribution in [0.2, 0.25) is 0 Å². The largest absolute Gasteiger partial charge is 0.481 e. The summed E-state index contributed by atoms with van der Waals surface area (Å²) >= 11 is 3.33. The fourth-order valence-electron chi connectivity index (χ4n) is 1.69. The van der Waals surface area contributed by atoms with Gasteiger partial charge in [0.25, 0.3) is 5.91 Å². The molecule has 0 radical (unpaired) electrons. The third kappa shape index (κ3) is 4.26. The number of carbonyl (C=O) groups excluding carboxylic acids is 1. The van der Waals surface area contributed by atoms with Crippen LogP contribution in [-0.4, -0.2) is 12.5 Å². The second kappa shape index (κ2) is 6.67. The molecule has 110 valence electrons. The minimum absolute atomic E-state index is 0.168. The number of aryl methyl sites for hydroxylation is 1. The van der Waals surface area contributed by atoms with Gasteiger partial charge in [-0.3, -0.25) is 4.79 Å². The minimum Gasteiger partial charge on any atom is -0.481 e. The molecule has 3 nitrogen and oxygen atoms in total. The van der Waals surface area contributed by atoms with Crippen molar-refractivity contribution in [2.45, 2.75) is 6.92 Å². The van der Waals surface area contributed by atoms with E-state index in [0.717, 1.165) is 22.2 Å². The first-order valence-electron chi connectivity index (χ1n) is 6.09. The summed E-state index contributed by atoms with van der Waals surface area (Å²) in [6.45, 7) is 1.49. The van der Waals surface area contributed by atoms with Crippen LogP contribution in [0.3, 0.4) is 0 Å². The lowest BCUT2D eigenvalue weighted by Gasteiger charge is -2.10. The maximum atomic E-state index is 13.3. The molecule has 0 aliphatic heterocycles. The van der Waals surface area contributed by atoms with Gasteiger partial charge in [0.1, 0.15) is 5.82 Å². The van der Waals surface area contributed by atoms with Gasteiger partial charge in [0.05, 0.1) is 0 Å². The van der Waals surface area contributed by atoms with E-state index in [0.29, 0.717) is 11.8 Å². The molecular weight excluding hydrogens is 344 g/mol. The smallest absolute Gasteiger partial charge is 0.262 e. The number of halogens is 3. The van der Waals surface area contributed by atoms with Crippen LogP contribution >= 0.6 is 15.9 Å². The number of benzene rings is 2. The quantitative estimate of drug-likeness (QED) is 0.898. The molecule has 0 unspecified atom stereocenters. The van der Waals surface area contributed by atoms with E-state index in [2.05, 4.69) is 21.2 Å². The first-order valence-corrected chi connectivity index (χ1v) is 6.89. The van der Waals surface area contributed by atoms with E-state index in [1.807, 2.05) is 13.0 Å². The molecule has 0 atom stereocenters. The number of amides is 1.